The van der Waals surface area contributed by atoms with Gasteiger partial charge in [0.1, 0.15) is 0 Å². The molecule has 0 amide bonds. The number of nitrogens with one attached hydrogen (secondary N) is 1. The number of oxazole rings is 1. The summed E-state index contributed by atoms with van der Waals surface area (Å²) < 4.78 is 5.88. The molecule has 0 bridgehead atoms. The molecule has 4 heteroatoms. The van der Waals surface area contributed by atoms with Gasteiger partial charge >= 0.3 is 0 Å². The second-order valence-electron chi connectivity index (χ2n) is 5.38. The van der Waals surface area contributed by atoms with Crippen LogP contribution in [0.15, 0.2) is 16.7 Å². The van der Waals surface area contributed by atoms with E-state index in [1.807, 2.05) is 17.5 Å². The fourth-order valence-electron chi connectivity index (χ4n) is 2.66. The van der Waals surface area contributed by atoms with Crippen LogP contribution in [-0.2, 0) is 19.3 Å². The first-order chi connectivity index (χ1) is 9.86. The van der Waals surface area contributed by atoms with Crippen LogP contribution in [0.5, 0.6) is 0 Å². The number of hydrogen-bond donors (Lipinski definition) is 1. The smallest absolute Gasteiger partial charge is 0.194 e. The van der Waals surface area contributed by atoms with Gasteiger partial charge in [0, 0.05) is 11.3 Å². The van der Waals surface area contributed by atoms with Crippen molar-refractivity contribution >= 4 is 11.3 Å². The zero-order valence-corrected chi connectivity index (χ0v) is 12.9. The molecular formula is C16H22N2OS. The van der Waals surface area contributed by atoms with E-state index in [1.54, 1.807) is 4.88 Å². The van der Waals surface area contributed by atoms with Crippen molar-refractivity contribution in [3.8, 4) is 10.6 Å². The summed E-state index contributed by atoms with van der Waals surface area (Å²) in [7, 11) is 0. The average molecular weight is 290 g/mol. The molecule has 108 valence electrons. The number of thiophene rings is 1. The van der Waals surface area contributed by atoms with Crippen LogP contribution in [-0.4, -0.2) is 18.1 Å². The van der Waals surface area contributed by atoms with Gasteiger partial charge in [-0.15, -0.1) is 11.3 Å². The van der Waals surface area contributed by atoms with Gasteiger partial charge < -0.3 is 9.73 Å². The second kappa shape index (κ2) is 6.55. The first-order valence-electron chi connectivity index (χ1n) is 7.64. The third-order valence-corrected chi connectivity index (χ3v) is 4.97. The molecule has 1 aliphatic carbocycles. The maximum absolute atomic E-state index is 5.88. The van der Waals surface area contributed by atoms with E-state index >= 15 is 0 Å². The van der Waals surface area contributed by atoms with E-state index < -0.39 is 0 Å². The van der Waals surface area contributed by atoms with Crippen LogP contribution in [0, 0.1) is 0 Å². The van der Waals surface area contributed by atoms with Crippen molar-refractivity contribution in [2.75, 3.05) is 13.1 Å². The Balaban J connectivity index is 1.56. The van der Waals surface area contributed by atoms with Crippen LogP contribution in [0.4, 0.5) is 0 Å². The third-order valence-electron chi connectivity index (χ3n) is 3.71. The van der Waals surface area contributed by atoms with Crippen molar-refractivity contribution in [1.82, 2.24) is 10.3 Å². The van der Waals surface area contributed by atoms with E-state index in [0.29, 0.717) is 0 Å². The van der Waals surface area contributed by atoms with Crippen LogP contribution in [0.25, 0.3) is 10.6 Å². The molecule has 2 aromatic heterocycles. The van der Waals surface area contributed by atoms with Crippen LogP contribution >= 0.6 is 11.3 Å². The number of rotatable bonds is 7. The van der Waals surface area contributed by atoms with Crippen molar-refractivity contribution < 1.29 is 4.42 Å². The molecule has 0 saturated carbocycles. The molecule has 1 N–H and O–H groups in total. The van der Waals surface area contributed by atoms with Crippen LogP contribution < -0.4 is 5.32 Å². The number of nitrogens with zero attached hydrogens (tertiary/aromatic N) is 1. The summed E-state index contributed by atoms with van der Waals surface area (Å²) in [6, 6.07) is 2.29. The highest BCUT2D eigenvalue weighted by atomic mass is 32.1. The second-order valence-corrected chi connectivity index (χ2v) is 6.52. The highest BCUT2D eigenvalue weighted by Gasteiger charge is 2.17. The van der Waals surface area contributed by atoms with Crippen LogP contribution in [0.2, 0.25) is 0 Å². The lowest BCUT2D eigenvalue weighted by molar-refractivity contribution is 0.492. The Hall–Kier alpha value is -1.13. The fraction of sp³-hybridized carbons (Fsp3) is 0.562. The van der Waals surface area contributed by atoms with Crippen molar-refractivity contribution in [3.05, 3.63) is 28.6 Å². The highest BCUT2D eigenvalue weighted by Crippen LogP contribution is 2.36. The summed E-state index contributed by atoms with van der Waals surface area (Å²) in [6.45, 7) is 4.32. The molecule has 1 aliphatic rings. The molecule has 0 unspecified atom stereocenters. The fourth-order valence-corrected chi connectivity index (χ4v) is 3.86. The maximum Gasteiger partial charge on any atom is 0.194 e. The summed E-state index contributed by atoms with van der Waals surface area (Å²) in [6.07, 6.45) is 8.86. The molecule has 0 spiro atoms. The molecule has 20 heavy (non-hydrogen) atoms. The lowest BCUT2D eigenvalue weighted by atomic mass is 10.2. The lowest BCUT2D eigenvalue weighted by Gasteiger charge is -2.00. The third kappa shape index (κ3) is 3.13. The number of hydrogen-bond acceptors (Lipinski definition) is 4. The predicted octanol–water partition coefficient (Wildman–Crippen LogP) is 3.82. The molecule has 3 nitrogen and oxygen atoms in total. The number of fused-ring (bicyclic) bond motifs is 1. The topological polar surface area (TPSA) is 38.1 Å². The minimum atomic E-state index is 0.867. The molecule has 2 aromatic rings. The van der Waals surface area contributed by atoms with Crippen LogP contribution in [0.1, 0.15) is 42.5 Å². The molecule has 3 rings (SSSR count). The Kier molecular flexibility index (Phi) is 4.53. The normalized spacial score (nSPS) is 13.8. The standard InChI is InChI=1S/C16H22N2OS/c1-2-8-17-9-4-7-16-18-11-13(19-16)15-10-12-5-3-6-14(12)20-15/h10-11,17H,2-9H2,1H3. The Morgan fingerprint density at radius 2 is 2.30 bits per heavy atom. The summed E-state index contributed by atoms with van der Waals surface area (Å²) in [5.41, 5.74) is 1.52. The van der Waals surface area contributed by atoms with Gasteiger partial charge in [0.25, 0.3) is 0 Å². The average Bonchev–Trinajstić information content (AvgIpc) is 3.12. The summed E-state index contributed by atoms with van der Waals surface area (Å²) in [5.74, 6) is 1.81. The molecule has 0 saturated heterocycles. The van der Waals surface area contributed by atoms with Gasteiger partial charge in [-0.3, -0.25) is 0 Å². The van der Waals surface area contributed by atoms with Gasteiger partial charge in [-0.05, 0) is 56.8 Å². The minimum absolute atomic E-state index is 0.867. The quantitative estimate of drug-likeness (QED) is 0.788. The molecule has 0 aromatic carbocycles. The molecular weight excluding hydrogens is 268 g/mol. The van der Waals surface area contributed by atoms with Crippen molar-refractivity contribution in [2.24, 2.45) is 0 Å². The van der Waals surface area contributed by atoms with Gasteiger partial charge in [0.2, 0.25) is 0 Å². The van der Waals surface area contributed by atoms with Gasteiger partial charge in [-0.25, -0.2) is 4.98 Å². The SMILES string of the molecule is CCCNCCCc1ncc(-c2cc3c(s2)CCC3)o1. The lowest BCUT2D eigenvalue weighted by Crippen LogP contribution is -2.16. The van der Waals surface area contributed by atoms with Gasteiger partial charge in [0.15, 0.2) is 11.7 Å². The number of aryl methyl sites for hydroxylation is 3. The Labute approximate surface area is 124 Å². The summed E-state index contributed by atoms with van der Waals surface area (Å²) in [4.78, 5) is 7.20. The number of aromatic nitrogens is 1. The van der Waals surface area contributed by atoms with E-state index in [4.69, 9.17) is 4.42 Å². The van der Waals surface area contributed by atoms with Crippen LogP contribution in [0.3, 0.4) is 0 Å². The Morgan fingerprint density at radius 1 is 1.35 bits per heavy atom. The highest BCUT2D eigenvalue weighted by molar-refractivity contribution is 7.15. The molecule has 0 fully saturated rings. The maximum atomic E-state index is 5.88. The van der Waals surface area contributed by atoms with Gasteiger partial charge in [0.05, 0.1) is 11.1 Å². The predicted molar refractivity (Wildman–Crippen MR) is 83.3 cm³/mol. The monoisotopic (exact) mass is 290 g/mol. The Morgan fingerprint density at radius 3 is 3.15 bits per heavy atom. The first kappa shape index (κ1) is 13.8. The first-order valence-corrected chi connectivity index (χ1v) is 8.46. The zero-order valence-electron chi connectivity index (χ0n) is 12.1. The van der Waals surface area contributed by atoms with Gasteiger partial charge in [-0.2, -0.15) is 0 Å². The molecule has 0 radical (unpaired) electrons. The van der Waals surface area contributed by atoms with Crippen molar-refractivity contribution in [2.45, 2.75) is 45.4 Å². The van der Waals surface area contributed by atoms with Gasteiger partial charge in [-0.1, -0.05) is 6.92 Å². The van der Waals surface area contributed by atoms with Crippen molar-refractivity contribution in [1.29, 1.82) is 0 Å². The van der Waals surface area contributed by atoms with E-state index in [2.05, 4.69) is 23.3 Å². The Bertz CT molecular complexity index is 537. The van der Waals surface area contributed by atoms with E-state index in [-0.39, 0.29) is 0 Å². The van der Waals surface area contributed by atoms with Crippen molar-refractivity contribution in [3.63, 3.8) is 0 Å². The largest absolute Gasteiger partial charge is 0.440 e. The minimum Gasteiger partial charge on any atom is -0.440 e. The molecule has 0 atom stereocenters. The van der Waals surface area contributed by atoms with E-state index in [9.17, 15) is 0 Å². The summed E-state index contributed by atoms with van der Waals surface area (Å²) in [5, 5.41) is 3.40. The van der Waals surface area contributed by atoms with E-state index in [1.165, 1.54) is 36.1 Å². The summed E-state index contributed by atoms with van der Waals surface area (Å²) >= 11 is 1.88. The molecule has 2 heterocycles. The van der Waals surface area contributed by atoms with E-state index in [0.717, 1.165) is 37.6 Å². The molecule has 0 aliphatic heterocycles. The zero-order chi connectivity index (χ0) is 13.8.